The van der Waals surface area contributed by atoms with E-state index in [-0.39, 0.29) is 6.29 Å². The highest BCUT2D eigenvalue weighted by Crippen LogP contribution is 2.25. The van der Waals surface area contributed by atoms with Gasteiger partial charge in [0.1, 0.15) is 5.75 Å². The largest absolute Gasteiger partial charge is 0.495 e. The summed E-state index contributed by atoms with van der Waals surface area (Å²) in [7, 11) is 4.71. The van der Waals surface area contributed by atoms with Crippen molar-refractivity contribution in [3.8, 4) is 11.8 Å². The van der Waals surface area contributed by atoms with E-state index < -0.39 is 0 Å². The number of ether oxygens (including phenoxy) is 3. The number of rotatable bonds is 6. The minimum absolute atomic E-state index is 0.324. The fourth-order valence-corrected chi connectivity index (χ4v) is 1.36. The third kappa shape index (κ3) is 3.63. The smallest absolute Gasteiger partial charge is 0.173 e. The maximum atomic E-state index is 8.78. The first kappa shape index (κ1) is 13.3. The molecule has 0 unspecified atom stereocenters. The van der Waals surface area contributed by atoms with Crippen molar-refractivity contribution in [1.29, 1.82) is 5.26 Å². The Morgan fingerprint density at radius 1 is 1.29 bits per heavy atom. The zero-order chi connectivity index (χ0) is 12.7. The highest BCUT2D eigenvalue weighted by atomic mass is 16.7. The molecule has 5 heteroatoms. The molecule has 1 rings (SSSR count). The summed E-state index contributed by atoms with van der Waals surface area (Å²) in [6, 6.07) is 7.25. The molecule has 0 bridgehead atoms. The Morgan fingerprint density at radius 2 is 2.00 bits per heavy atom. The van der Waals surface area contributed by atoms with Crippen molar-refractivity contribution in [1.82, 2.24) is 0 Å². The van der Waals surface area contributed by atoms with E-state index in [1.807, 2.05) is 0 Å². The second-order valence-corrected chi connectivity index (χ2v) is 3.31. The topological polar surface area (TPSA) is 63.5 Å². The second-order valence-electron chi connectivity index (χ2n) is 3.31. The summed E-state index contributed by atoms with van der Waals surface area (Å²) >= 11 is 0. The van der Waals surface area contributed by atoms with Crippen LogP contribution in [0.25, 0.3) is 0 Å². The molecule has 0 aliphatic heterocycles. The van der Waals surface area contributed by atoms with Crippen LogP contribution in [-0.4, -0.2) is 34.2 Å². The van der Waals surface area contributed by atoms with Gasteiger partial charge in [0.15, 0.2) is 6.29 Å². The molecule has 0 aliphatic rings. The number of nitrogens with zero attached hydrogens (tertiary/aromatic N) is 1. The van der Waals surface area contributed by atoms with Gasteiger partial charge in [-0.05, 0) is 12.1 Å². The molecule has 0 spiro atoms. The summed E-state index contributed by atoms with van der Waals surface area (Å²) in [6.45, 7) is 0.495. The number of anilines is 1. The van der Waals surface area contributed by atoms with Crippen LogP contribution in [0, 0.1) is 11.3 Å². The summed E-state index contributed by atoms with van der Waals surface area (Å²) in [4.78, 5) is 0. The molecule has 0 aromatic heterocycles. The summed E-state index contributed by atoms with van der Waals surface area (Å²) in [5, 5.41) is 11.9. The molecular formula is C12H16N2O3. The zero-order valence-electron chi connectivity index (χ0n) is 10.2. The fourth-order valence-electron chi connectivity index (χ4n) is 1.36. The van der Waals surface area contributed by atoms with Crippen molar-refractivity contribution in [2.24, 2.45) is 0 Å². The van der Waals surface area contributed by atoms with E-state index in [9.17, 15) is 0 Å². The van der Waals surface area contributed by atoms with Crippen molar-refractivity contribution in [3.05, 3.63) is 23.8 Å². The number of hydrogen-bond donors (Lipinski definition) is 1. The van der Waals surface area contributed by atoms with E-state index in [1.165, 1.54) is 0 Å². The monoisotopic (exact) mass is 236 g/mol. The lowest BCUT2D eigenvalue weighted by Crippen LogP contribution is -2.23. The van der Waals surface area contributed by atoms with Crippen LogP contribution < -0.4 is 10.1 Å². The van der Waals surface area contributed by atoms with E-state index in [0.717, 1.165) is 5.69 Å². The zero-order valence-corrected chi connectivity index (χ0v) is 10.2. The minimum atomic E-state index is -0.324. The SMILES string of the molecule is COc1cc(C#N)ccc1NCC(OC)OC. The number of benzene rings is 1. The average molecular weight is 236 g/mol. The molecule has 17 heavy (non-hydrogen) atoms. The Labute approximate surface area is 101 Å². The molecule has 5 nitrogen and oxygen atoms in total. The molecule has 92 valence electrons. The van der Waals surface area contributed by atoms with E-state index in [1.54, 1.807) is 39.5 Å². The van der Waals surface area contributed by atoms with Crippen molar-refractivity contribution < 1.29 is 14.2 Å². The predicted octanol–water partition coefficient (Wildman–Crippen LogP) is 1.60. The molecule has 0 aliphatic carbocycles. The van der Waals surface area contributed by atoms with Gasteiger partial charge in [-0.3, -0.25) is 0 Å². The number of nitrogens with one attached hydrogen (secondary N) is 1. The predicted molar refractivity (Wildman–Crippen MR) is 64.0 cm³/mol. The lowest BCUT2D eigenvalue weighted by Gasteiger charge is -2.16. The maximum absolute atomic E-state index is 8.78. The molecule has 1 N–H and O–H groups in total. The highest BCUT2D eigenvalue weighted by Gasteiger charge is 2.08. The van der Waals surface area contributed by atoms with Crippen LogP contribution >= 0.6 is 0 Å². The Bertz CT molecular complexity index is 397. The van der Waals surface area contributed by atoms with Gasteiger partial charge in [-0.15, -0.1) is 0 Å². The summed E-state index contributed by atoms with van der Waals surface area (Å²) in [5.41, 5.74) is 1.35. The first-order valence-electron chi connectivity index (χ1n) is 5.12. The van der Waals surface area contributed by atoms with E-state index in [4.69, 9.17) is 19.5 Å². The van der Waals surface area contributed by atoms with Crippen LogP contribution in [0.5, 0.6) is 5.75 Å². The molecule has 1 aromatic carbocycles. The molecule has 0 saturated carbocycles. The van der Waals surface area contributed by atoms with Crippen molar-refractivity contribution in [3.63, 3.8) is 0 Å². The Kier molecular flexibility index (Phi) is 5.27. The van der Waals surface area contributed by atoms with Crippen molar-refractivity contribution in [2.45, 2.75) is 6.29 Å². The molecule has 1 aromatic rings. The van der Waals surface area contributed by atoms with Gasteiger partial charge in [-0.2, -0.15) is 5.26 Å². The number of hydrogen-bond acceptors (Lipinski definition) is 5. The van der Waals surface area contributed by atoms with Gasteiger partial charge < -0.3 is 19.5 Å². The molecular weight excluding hydrogens is 220 g/mol. The van der Waals surface area contributed by atoms with Crippen molar-refractivity contribution in [2.75, 3.05) is 33.2 Å². The van der Waals surface area contributed by atoms with Crippen LogP contribution in [0.15, 0.2) is 18.2 Å². The lowest BCUT2D eigenvalue weighted by molar-refractivity contribution is -0.0914. The van der Waals surface area contributed by atoms with E-state index in [2.05, 4.69) is 11.4 Å². The Hall–Kier alpha value is -1.77. The summed E-state index contributed by atoms with van der Waals surface area (Å²) in [6.07, 6.45) is -0.324. The highest BCUT2D eigenvalue weighted by molar-refractivity contribution is 5.59. The average Bonchev–Trinajstić information content (AvgIpc) is 2.39. The Morgan fingerprint density at radius 3 is 2.53 bits per heavy atom. The van der Waals surface area contributed by atoms with Crippen LogP contribution in [0.2, 0.25) is 0 Å². The third-order valence-corrected chi connectivity index (χ3v) is 2.32. The van der Waals surface area contributed by atoms with Crippen LogP contribution in [0.3, 0.4) is 0 Å². The number of methoxy groups -OCH3 is 3. The minimum Gasteiger partial charge on any atom is -0.495 e. The van der Waals surface area contributed by atoms with E-state index >= 15 is 0 Å². The molecule has 0 atom stereocenters. The number of nitriles is 1. The van der Waals surface area contributed by atoms with Crippen molar-refractivity contribution >= 4 is 5.69 Å². The maximum Gasteiger partial charge on any atom is 0.173 e. The summed E-state index contributed by atoms with van der Waals surface area (Å²) in [5.74, 6) is 0.620. The van der Waals surface area contributed by atoms with Gasteiger partial charge in [-0.1, -0.05) is 0 Å². The first-order chi connectivity index (χ1) is 8.24. The fraction of sp³-hybridized carbons (Fsp3) is 0.417. The molecule has 0 amide bonds. The van der Waals surface area contributed by atoms with Crippen LogP contribution in [-0.2, 0) is 9.47 Å². The van der Waals surface area contributed by atoms with Gasteiger partial charge in [0.2, 0.25) is 0 Å². The van der Waals surface area contributed by atoms with E-state index in [0.29, 0.717) is 17.9 Å². The lowest BCUT2D eigenvalue weighted by atomic mass is 10.2. The quantitative estimate of drug-likeness (QED) is 0.760. The second kappa shape index (κ2) is 6.74. The third-order valence-electron chi connectivity index (χ3n) is 2.32. The van der Waals surface area contributed by atoms with Gasteiger partial charge in [0.25, 0.3) is 0 Å². The summed E-state index contributed by atoms with van der Waals surface area (Å²) < 4.78 is 15.3. The first-order valence-corrected chi connectivity index (χ1v) is 5.12. The van der Waals surface area contributed by atoms with Gasteiger partial charge in [0.05, 0.1) is 31.0 Å². The van der Waals surface area contributed by atoms with Crippen LogP contribution in [0.1, 0.15) is 5.56 Å². The standard InChI is InChI=1S/C12H16N2O3/c1-15-11-6-9(7-13)4-5-10(11)14-8-12(16-2)17-3/h4-6,12,14H,8H2,1-3H3. The molecule has 0 fully saturated rings. The van der Waals surface area contributed by atoms with Crippen LogP contribution in [0.4, 0.5) is 5.69 Å². The molecule has 0 heterocycles. The Balaban J connectivity index is 2.74. The molecule has 0 radical (unpaired) electrons. The van der Waals surface area contributed by atoms with Gasteiger partial charge >= 0.3 is 0 Å². The van der Waals surface area contributed by atoms with Gasteiger partial charge in [-0.25, -0.2) is 0 Å². The van der Waals surface area contributed by atoms with Gasteiger partial charge in [0, 0.05) is 20.3 Å². The normalized spacial score (nSPS) is 10.1. The molecule has 0 saturated heterocycles.